The van der Waals surface area contributed by atoms with E-state index in [-0.39, 0.29) is 18.6 Å². The molecule has 132 valence electrons. The molecular weight excluding hydrogens is 322 g/mol. The average Bonchev–Trinajstić information content (AvgIpc) is 2.67. The van der Waals surface area contributed by atoms with Crippen LogP contribution in [-0.2, 0) is 4.79 Å². The summed E-state index contributed by atoms with van der Waals surface area (Å²) < 4.78 is 16.5. The van der Waals surface area contributed by atoms with Crippen molar-refractivity contribution < 1.29 is 19.0 Å². The third kappa shape index (κ3) is 4.82. The lowest BCUT2D eigenvalue weighted by atomic mass is 10.1. The Morgan fingerprint density at radius 2 is 2.00 bits per heavy atom. The molecule has 7 heteroatoms. The van der Waals surface area contributed by atoms with Crippen molar-refractivity contribution in [2.45, 2.75) is 18.9 Å². The van der Waals surface area contributed by atoms with Gasteiger partial charge in [-0.05, 0) is 18.2 Å². The summed E-state index contributed by atoms with van der Waals surface area (Å²) in [7, 11) is 1.59. The third-order valence-corrected chi connectivity index (χ3v) is 4.03. The maximum atomic E-state index is 12.3. The molecular formula is C18H21N3O4. The minimum atomic E-state index is -0.0271. The normalized spacial score (nSPS) is 14.8. The van der Waals surface area contributed by atoms with Crippen molar-refractivity contribution in [1.82, 2.24) is 15.1 Å². The first-order valence-electron chi connectivity index (χ1n) is 8.23. The fourth-order valence-electron chi connectivity index (χ4n) is 2.67. The van der Waals surface area contributed by atoms with E-state index in [2.05, 4.69) is 10.2 Å². The summed E-state index contributed by atoms with van der Waals surface area (Å²) in [5, 5.41) is 7.71. The molecule has 0 bridgehead atoms. The highest BCUT2D eigenvalue weighted by Gasteiger charge is 2.24. The van der Waals surface area contributed by atoms with Crippen molar-refractivity contribution in [2.24, 2.45) is 0 Å². The lowest BCUT2D eigenvalue weighted by Crippen LogP contribution is -2.43. The van der Waals surface area contributed by atoms with Gasteiger partial charge in [0.05, 0.1) is 7.11 Å². The van der Waals surface area contributed by atoms with Crippen molar-refractivity contribution in [2.75, 3.05) is 26.8 Å². The number of carbonyl (C=O) groups is 1. The summed E-state index contributed by atoms with van der Waals surface area (Å²) in [5.74, 6) is 1.81. The quantitative estimate of drug-likeness (QED) is 0.798. The van der Waals surface area contributed by atoms with E-state index in [1.54, 1.807) is 42.5 Å². The number of likely N-dealkylation sites (tertiary alicyclic amines) is 1. The van der Waals surface area contributed by atoms with Crippen LogP contribution in [0.25, 0.3) is 0 Å². The largest absolute Gasteiger partial charge is 0.497 e. The highest BCUT2D eigenvalue weighted by molar-refractivity contribution is 5.77. The van der Waals surface area contributed by atoms with Crippen LogP contribution in [0.1, 0.15) is 12.8 Å². The summed E-state index contributed by atoms with van der Waals surface area (Å²) in [4.78, 5) is 14.1. The molecule has 1 aliphatic rings. The highest BCUT2D eigenvalue weighted by Crippen LogP contribution is 2.20. The second-order valence-corrected chi connectivity index (χ2v) is 5.73. The zero-order valence-electron chi connectivity index (χ0n) is 14.1. The smallest absolute Gasteiger partial charge is 0.260 e. The first kappa shape index (κ1) is 17.0. The van der Waals surface area contributed by atoms with E-state index < -0.39 is 0 Å². The van der Waals surface area contributed by atoms with Crippen molar-refractivity contribution >= 4 is 5.91 Å². The Morgan fingerprint density at radius 1 is 1.20 bits per heavy atom. The lowest BCUT2D eigenvalue weighted by molar-refractivity contribution is -0.135. The molecule has 1 aromatic heterocycles. The molecule has 0 aliphatic carbocycles. The van der Waals surface area contributed by atoms with Crippen LogP contribution in [0.5, 0.6) is 17.4 Å². The molecule has 0 N–H and O–H groups in total. The molecule has 1 saturated heterocycles. The number of piperidine rings is 1. The second-order valence-electron chi connectivity index (χ2n) is 5.73. The zero-order valence-corrected chi connectivity index (χ0v) is 14.1. The third-order valence-electron chi connectivity index (χ3n) is 4.03. The van der Waals surface area contributed by atoms with Crippen molar-refractivity contribution in [1.29, 1.82) is 0 Å². The number of benzene rings is 1. The Bertz CT molecular complexity index is 688. The molecule has 0 unspecified atom stereocenters. The SMILES string of the molecule is COc1cccc(OCC(=O)N2CCC(Oc3cccnn3)CC2)c1. The van der Waals surface area contributed by atoms with Crippen LogP contribution in [0.4, 0.5) is 0 Å². The number of carbonyl (C=O) groups excluding carboxylic acids is 1. The number of ether oxygens (including phenoxy) is 3. The summed E-state index contributed by atoms with van der Waals surface area (Å²) in [6.45, 7) is 1.30. The predicted octanol–water partition coefficient (Wildman–Crippen LogP) is 1.93. The maximum absolute atomic E-state index is 12.3. The Morgan fingerprint density at radius 3 is 2.72 bits per heavy atom. The number of amides is 1. The van der Waals surface area contributed by atoms with Gasteiger partial charge in [0.2, 0.25) is 5.88 Å². The summed E-state index contributed by atoms with van der Waals surface area (Å²) >= 11 is 0. The monoisotopic (exact) mass is 343 g/mol. The van der Waals surface area contributed by atoms with Crippen LogP contribution < -0.4 is 14.2 Å². The Balaban J connectivity index is 1.43. The molecule has 1 amide bonds. The van der Waals surface area contributed by atoms with Crippen molar-refractivity contribution in [3.63, 3.8) is 0 Å². The summed E-state index contributed by atoms with van der Waals surface area (Å²) in [6.07, 6.45) is 3.19. The summed E-state index contributed by atoms with van der Waals surface area (Å²) in [6, 6.07) is 10.8. The zero-order chi connectivity index (χ0) is 17.5. The van der Waals surface area contributed by atoms with Crippen LogP contribution >= 0.6 is 0 Å². The van der Waals surface area contributed by atoms with E-state index in [0.29, 0.717) is 30.5 Å². The molecule has 1 aromatic carbocycles. The standard InChI is InChI=1S/C18H21N3O4/c1-23-15-4-2-5-16(12-15)24-13-18(22)21-10-7-14(8-11-21)25-17-6-3-9-19-20-17/h2-6,9,12,14H,7-8,10-11,13H2,1H3. The molecule has 2 aromatic rings. The van der Waals surface area contributed by atoms with Gasteiger partial charge in [0.25, 0.3) is 5.91 Å². The van der Waals surface area contributed by atoms with E-state index in [1.807, 2.05) is 12.1 Å². The van der Waals surface area contributed by atoms with Gasteiger partial charge >= 0.3 is 0 Å². The number of hydrogen-bond acceptors (Lipinski definition) is 6. The van der Waals surface area contributed by atoms with Crippen LogP contribution in [0.15, 0.2) is 42.6 Å². The molecule has 0 spiro atoms. The van der Waals surface area contributed by atoms with Crippen LogP contribution in [-0.4, -0.2) is 53.9 Å². The molecule has 3 rings (SSSR count). The van der Waals surface area contributed by atoms with Crippen LogP contribution in [0.3, 0.4) is 0 Å². The number of rotatable bonds is 6. The van der Waals surface area contributed by atoms with E-state index in [0.717, 1.165) is 12.8 Å². The lowest BCUT2D eigenvalue weighted by Gasteiger charge is -2.31. The van der Waals surface area contributed by atoms with Gasteiger partial charge in [-0.1, -0.05) is 6.07 Å². The van der Waals surface area contributed by atoms with Gasteiger partial charge in [-0.3, -0.25) is 4.79 Å². The molecule has 0 radical (unpaired) electrons. The van der Waals surface area contributed by atoms with E-state index in [9.17, 15) is 4.79 Å². The van der Waals surface area contributed by atoms with E-state index in [1.165, 1.54) is 0 Å². The molecule has 25 heavy (non-hydrogen) atoms. The minimum absolute atomic E-state index is 0.0167. The molecule has 1 fully saturated rings. The van der Waals surface area contributed by atoms with Crippen LogP contribution in [0.2, 0.25) is 0 Å². The summed E-state index contributed by atoms with van der Waals surface area (Å²) in [5.41, 5.74) is 0. The molecule has 7 nitrogen and oxygen atoms in total. The van der Waals surface area contributed by atoms with Gasteiger partial charge in [0.15, 0.2) is 6.61 Å². The molecule has 1 aliphatic heterocycles. The topological polar surface area (TPSA) is 73.8 Å². The molecule has 0 saturated carbocycles. The first-order valence-corrected chi connectivity index (χ1v) is 8.23. The first-order chi connectivity index (χ1) is 12.2. The Hall–Kier alpha value is -2.83. The number of methoxy groups -OCH3 is 1. The van der Waals surface area contributed by atoms with Gasteiger partial charge in [0.1, 0.15) is 17.6 Å². The molecule has 0 atom stereocenters. The van der Waals surface area contributed by atoms with E-state index in [4.69, 9.17) is 14.2 Å². The fourth-order valence-corrected chi connectivity index (χ4v) is 2.67. The second kappa shape index (κ2) is 8.32. The minimum Gasteiger partial charge on any atom is -0.497 e. The van der Waals surface area contributed by atoms with Crippen molar-refractivity contribution in [3.8, 4) is 17.4 Å². The van der Waals surface area contributed by atoms with Crippen LogP contribution in [0, 0.1) is 0 Å². The van der Waals surface area contributed by atoms with E-state index >= 15 is 0 Å². The van der Waals surface area contributed by atoms with Gasteiger partial charge in [-0.15, -0.1) is 5.10 Å². The fraction of sp³-hybridized carbons (Fsp3) is 0.389. The van der Waals surface area contributed by atoms with Gasteiger partial charge in [0, 0.05) is 44.3 Å². The van der Waals surface area contributed by atoms with Crippen molar-refractivity contribution in [3.05, 3.63) is 42.6 Å². The number of nitrogens with zero attached hydrogens (tertiary/aromatic N) is 3. The Kier molecular flexibility index (Phi) is 5.66. The predicted molar refractivity (Wildman–Crippen MR) is 90.8 cm³/mol. The average molecular weight is 343 g/mol. The number of aromatic nitrogens is 2. The van der Waals surface area contributed by atoms with Gasteiger partial charge in [-0.2, -0.15) is 5.10 Å². The van der Waals surface area contributed by atoms with Gasteiger partial charge in [-0.25, -0.2) is 0 Å². The van der Waals surface area contributed by atoms with Gasteiger partial charge < -0.3 is 19.1 Å². The number of hydrogen-bond donors (Lipinski definition) is 0. The maximum Gasteiger partial charge on any atom is 0.260 e. The molecule has 2 heterocycles. The Labute approximate surface area is 146 Å². The highest BCUT2D eigenvalue weighted by atomic mass is 16.5.